The molecule has 188 valence electrons. The van der Waals surface area contributed by atoms with E-state index >= 15 is 0 Å². The fraction of sp³-hybridized carbons (Fsp3) is 0.167. The zero-order valence-electron chi connectivity index (χ0n) is 19.7. The molecule has 3 aromatic rings. The molecule has 0 aromatic heterocycles. The molecular formula is C24H24N4O7S. The van der Waals surface area contributed by atoms with Gasteiger partial charge in [-0.3, -0.25) is 19.2 Å². The van der Waals surface area contributed by atoms with E-state index in [2.05, 4.69) is 10.5 Å². The van der Waals surface area contributed by atoms with E-state index in [1.165, 1.54) is 50.6 Å². The highest BCUT2D eigenvalue weighted by atomic mass is 32.2. The van der Waals surface area contributed by atoms with Gasteiger partial charge >= 0.3 is 5.69 Å². The number of sulfonamides is 1. The Morgan fingerprint density at radius 3 is 2.31 bits per heavy atom. The number of benzene rings is 3. The van der Waals surface area contributed by atoms with Gasteiger partial charge in [-0.1, -0.05) is 18.2 Å². The van der Waals surface area contributed by atoms with Crippen LogP contribution in [0.4, 0.5) is 11.4 Å². The molecule has 0 heterocycles. The second-order valence-electron chi connectivity index (χ2n) is 7.57. The molecule has 0 radical (unpaired) electrons. The van der Waals surface area contributed by atoms with E-state index in [-0.39, 0.29) is 17.1 Å². The number of hydrogen-bond donors (Lipinski definition) is 1. The highest BCUT2D eigenvalue weighted by Gasteiger charge is 2.29. The van der Waals surface area contributed by atoms with Gasteiger partial charge in [0.1, 0.15) is 17.5 Å². The summed E-state index contributed by atoms with van der Waals surface area (Å²) in [5.74, 6) is 0.495. The molecule has 3 aromatic carbocycles. The molecule has 0 bridgehead atoms. The fourth-order valence-corrected chi connectivity index (χ4v) is 4.46. The number of amides is 1. The van der Waals surface area contributed by atoms with Crippen LogP contribution in [0.1, 0.15) is 12.5 Å². The van der Waals surface area contributed by atoms with E-state index in [9.17, 15) is 23.3 Å². The van der Waals surface area contributed by atoms with Crippen molar-refractivity contribution in [3.63, 3.8) is 0 Å². The molecule has 0 aliphatic heterocycles. The average Bonchev–Trinajstić information content (AvgIpc) is 2.84. The average molecular weight is 513 g/mol. The zero-order valence-corrected chi connectivity index (χ0v) is 20.5. The molecule has 1 amide bonds. The van der Waals surface area contributed by atoms with E-state index in [4.69, 9.17) is 9.47 Å². The number of ether oxygens (including phenoxy) is 2. The van der Waals surface area contributed by atoms with Gasteiger partial charge in [0.05, 0.1) is 30.2 Å². The first-order valence-corrected chi connectivity index (χ1v) is 12.4. The topological polar surface area (TPSA) is 140 Å². The number of nitro benzene ring substituents is 1. The van der Waals surface area contributed by atoms with Gasteiger partial charge in [-0.2, -0.15) is 5.10 Å². The number of carbonyl (C=O) groups excluding carboxylic acids is 1. The van der Waals surface area contributed by atoms with Crippen LogP contribution in [0.15, 0.2) is 77.9 Å². The monoisotopic (exact) mass is 512 g/mol. The van der Waals surface area contributed by atoms with Gasteiger partial charge in [0.2, 0.25) is 10.0 Å². The minimum absolute atomic E-state index is 0.0822. The van der Waals surface area contributed by atoms with Crippen LogP contribution in [0.3, 0.4) is 0 Å². The Kier molecular flexibility index (Phi) is 8.22. The van der Waals surface area contributed by atoms with Crippen molar-refractivity contribution in [2.75, 3.05) is 17.7 Å². The van der Waals surface area contributed by atoms with Gasteiger partial charge in [-0.15, -0.1) is 0 Å². The Hall–Kier alpha value is -4.45. The summed E-state index contributed by atoms with van der Waals surface area (Å²) in [6.07, 6.45) is 2.20. The number of hydrogen-bond acceptors (Lipinski definition) is 8. The van der Waals surface area contributed by atoms with Crippen molar-refractivity contribution >= 4 is 33.5 Å². The third-order valence-electron chi connectivity index (χ3n) is 4.95. The summed E-state index contributed by atoms with van der Waals surface area (Å²) < 4.78 is 36.7. The number of nitrogens with one attached hydrogen (secondary N) is 1. The van der Waals surface area contributed by atoms with Gasteiger partial charge in [-0.25, -0.2) is 13.8 Å². The van der Waals surface area contributed by atoms with E-state index in [0.717, 1.165) is 10.6 Å². The second-order valence-corrected chi connectivity index (χ2v) is 9.43. The standard InChI is InChI=1S/C24H24N4O7S/c1-17(24(29)26-25-16-18-9-14-23(34-2)22(15-18)28(30)31)27(36(3,32)33)19-10-12-21(13-11-19)35-20-7-5-4-6-8-20/h4-17H,1-3H3,(H,26,29)/b25-16-/t17-/m1/s1. The summed E-state index contributed by atoms with van der Waals surface area (Å²) in [5.41, 5.74) is 2.61. The normalized spacial score (nSPS) is 12.1. The van der Waals surface area contributed by atoms with Crippen molar-refractivity contribution in [1.29, 1.82) is 0 Å². The van der Waals surface area contributed by atoms with Crippen LogP contribution in [0.2, 0.25) is 0 Å². The number of hydrazone groups is 1. The molecule has 1 N–H and O–H groups in total. The molecule has 12 heteroatoms. The Morgan fingerprint density at radius 2 is 1.72 bits per heavy atom. The molecule has 0 saturated carbocycles. The van der Waals surface area contributed by atoms with E-state index in [1.54, 1.807) is 24.3 Å². The highest BCUT2D eigenvalue weighted by molar-refractivity contribution is 7.92. The summed E-state index contributed by atoms with van der Waals surface area (Å²) in [6, 6.07) is 18.3. The number of nitro groups is 1. The SMILES string of the molecule is COc1ccc(/C=N\NC(=O)[C@@H](C)N(c2ccc(Oc3ccccc3)cc2)S(C)(=O)=O)cc1[N+](=O)[O-]. The van der Waals surface area contributed by atoms with Crippen LogP contribution in [0.5, 0.6) is 17.2 Å². The lowest BCUT2D eigenvalue weighted by molar-refractivity contribution is -0.385. The molecule has 36 heavy (non-hydrogen) atoms. The van der Waals surface area contributed by atoms with Crippen LogP contribution in [0, 0.1) is 10.1 Å². The van der Waals surface area contributed by atoms with Crippen molar-refractivity contribution < 1.29 is 27.6 Å². The smallest absolute Gasteiger partial charge is 0.311 e. The largest absolute Gasteiger partial charge is 0.490 e. The molecule has 0 spiro atoms. The summed E-state index contributed by atoms with van der Waals surface area (Å²) in [6.45, 7) is 1.42. The van der Waals surface area contributed by atoms with Crippen molar-refractivity contribution in [3.05, 3.63) is 88.5 Å². The predicted octanol–water partition coefficient (Wildman–Crippen LogP) is 3.70. The van der Waals surface area contributed by atoms with Crippen LogP contribution >= 0.6 is 0 Å². The molecule has 0 aliphatic rings. The molecule has 0 aliphatic carbocycles. The number of anilines is 1. The third kappa shape index (κ3) is 6.57. The summed E-state index contributed by atoms with van der Waals surface area (Å²) >= 11 is 0. The summed E-state index contributed by atoms with van der Waals surface area (Å²) in [4.78, 5) is 23.3. The zero-order chi connectivity index (χ0) is 26.3. The fourth-order valence-electron chi connectivity index (χ4n) is 3.29. The Bertz CT molecular complexity index is 1360. The second kappa shape index (κ2) is 11.3. The van der Waals surface area contributed by atoms with Crippen molar-refractivity contribution in [1.82, 2.24) is 5.43 Å². The number of nitrogens with zero attached hydrogens (tertiary/aromatic N) is 3. The van der Waals surface area contributed by atoms with Crippen LogP contribution in [-0.4, -0.2) is 44.9 Å². The van der Waals surface area contributed by atoms with Crippen LogP contribution < -0.4 is 19.2 Å². The van der Waals surface area contributed by atoms with E-state index in [1.807, 2.05) is 18.2 Å². The maximum Gasteiger partial charge on any atom is 0.311 e. The molecular weight excluding hydrogens is 488 g/mol. The van der Waals surface area contributed by atoms with Gasteiger partial charge in [0.15, 0.2) is 5.75 Å². The quantitative estimate of drug-likeness (QED) is 0.248. The van der Waals surface area contributed by atoms with Gasteiger partial charge in [0, 0.05) is 11.6 Å². The lowest BCUT2D eigenvalue weighted by Gasteiger charge is -2.27. The predicted molar refractivity (Wildman–Crippen MR) is 135 cm³/mol. The first kappa shape index (κ1) is 26.2. The molecule has 11 nitrogen and oxygen atoms in total. The maximum absolute atomic E-state index is 12.7. The van der Waals surface area contributed by atoms with Crippen LogP contribution in [-0.2, 0) is 14.8 Å². The van der Waals surface area contributed by atoms with Crippen LogP contribution in [0.25, 0.3) is 0 Å². The first-order chi connectivity index (χ1) is 17.1. The molecule has 3 rings (SSSR count). The molecule has 0 saturated heterocycles. The Morgan fingerprint density at radius 1 is 1.08 bits per heavy atom. The number of rotatable bonds is 10. The van der Waals surface area contributed by atoms with Gasteiger partial charge in [-0.05, 0) is 55.5 Å². The minimum Gasteiger partial charge on any atom is -0.490 e. The highest BCUT2D eigenvalue weighted by Crippen LogP contribution is 2.28. The van der Waals surface area contributed by atoms with E-state index in [0.29, 0.717) is 17.1 Å². The number of carbonyl (C=O) groups is 1. The summed E-state index contributed by atoms with van der Waals surface area (Å²) in [7, 11) is -2.53. The van der Waals surface area contributed by atoms with Crippen molar-refractivity contribution in [2.45, 2.75) is 13.0 Å². The molecule has 0 unspecified atom stereocenters. The number of para-hydroxylation sites is 1. The lowest BCUT2D eigenvalue weighted by atomic mass is 10.2. The van der Waals surface area contributed by atoms with Crippen molar-refractivity contribution in [2.24, 2.45) is 5.10 Å². The molecule has 0 fully saturated rings. The van der Waals surface area contributed by atoms with Gasteiger partial charge < -0.3 is 9.47 Å². The Labute approximate surface area is 208 Å². The first-order valence-electron chi connectivity index (χ1n) is 10.6. The number of methoxy groups -OCH3 is 1. The molecule has 1 atom stereocenters. The minimum atomic E-state index is -3.84. The summed E-state index contributed by atoms with van der Waals surface area (Å²) in [5, 5.41) is 15.0. The van der Waals surface area contributed by atoms with Crippen molar-refractivity contribution in [3.8, 4) is 17.2 Å². The maximum atomic E-state index is 12.7. The van der Waals surface area contributed by atoms with E-state index < -0.39 is 26.9 Å². The lowest BCUT2D eigenvalue weighted by Crippen LogP contribution is -2.46. The Balaban J connectivity index is 1.73. The third-order valence-corrected chi connectivity index (χ3v) is 6.19. The van der Waals surface area contributed by atoms with Gasteiger partial charge in [0.25, 0.3) is 5.91 Å².